The van der Waals surface area contributed by atoms with Crippen LogP contribution < -0.4 is 15.5 Å². The van der Waals surface area contributed by atoms with E-state index in [1.165, 1.54) is 24.3 Å². The lowest BCUT2D eigenvalue weighted by atomic mass is 10.1. The van der Waals surface area contributed by atoms with E-state index in [4.69, 9.17) is 14.2 Å². The number of nitrogens with one attached hydrogen (secondary N) is 2. The summed E-state index contributed by atoms with van der Waals surface area (Å²) in [5.41, 5.74) is -0.591. The minimum atomic E-state index is -4.65. The van der Waals surface area contributed by atoms with Crippen molar-refractivity contribution in [3.8, 4) is 17.5 Å². The normalized spacial score (nSPS) is 15.8. The van der Waals surface area contributed by atoms with Gasteiger partial charge in [0.05, 0.1) is 45.2 Å². The van der Waals surface area contributed by atoms with Crippen LogP contribution in [0.15, 0.2) is 42.5 Å². The highest BCUT2D eigenvalue weighted by atomic mass is 19.4. The Balaban J connectivity index is 1.21. The molecule has 2 fully saturated rings. The average Bonchev–Trinajstić information content (AvgIpc) is 3.04. The number of ether oxygens (including phenoxy) is 3. The van der Waals surface area contributed by atoms with Gasteiger partial charge in [-0.15, -0.1) is 0 Å². The minimum Gasteiger partial charge on any atom is -0.379 e. The molecule has 0 unspecified atom stereocenters. The van der Waals surface area contributed by atoms with Crippen molar-refractivity contribution in [2.45, 2.75) is 12.8 Å². The van der Waals surface area contributed by atoms with Crippen LogP contribution in [-0.2, 0) is 27.0 Å². The lowest BCUT2D eigenvalue weighted by molar-refractivity contribution is -0.138. The predicted molar refractivity (Wildman–Crippen MR) is 156 cm³/mol. The SMILES string of the molecule is N#Cc1nc(-c2ccc(NC(=O)Nc3ccc(COCCN4CCOCC4)c(C(F)(F)F)c3)cc2)nc(N2CCOCC2)c1F. The summed E-state index contributed by atoms with van der Waals surface area (Å²) in [6.07, 6.45) is -4.65. The van der Waals surface area contributed by atoms with E-state index in [1.807, 2.05) is 0 Å². The molecule has 3 aromatic rings. The number of halogens is 4. The number of carbonyl (C=O) groups excluding carboxylic acids is 1. The van der Waals surface area contributed by atoms with Crippen LogP contribution >= 0.6 is 0 Å². The van der Waals surface area contributed by atoms with Crippen LogP contribution in [0, 0.1) is 17.1 Å². The molecule has 15 heteroatoms. The van der Waals surface area contributed by atoms with E-state index < -0.39 is 29.3 Å². The van der Waals surface area contributed by atoms with Gasteiger partial charge in [-0.05, 0) is 42.0 Å². The number of alkyl halides is 3. The molecule has 2 N–H and O–H groups in total. The zero-order valence-corrected chi connectivity index (χ0v) is 24.2. The summed E-state index contributed by atoms with van der Waals surface area (Å²) in [4.78, 5) is 24.8. The maximum absolute atomic E-state index is 14.8. The molecule has 3 heterocycles. The number of aromatic nitrogens is 2. The molecule has 0 aliphatic carbocycles. The molecular weight excluding hydrogens is 598 g/mol. The van der Waals surface area contributed by atoms with Crippen molar-refractivity contribution in [1.29, 1.82) is 5.26 Å². The molecule has 2 aliphatic heterocycles. The predicted octanol–water partition coefficient (Wildman–Crippen LogP) is 4.50. The lowest BCUT2D eigenvalue weighted by Gasteiger charge is -2.28. The van der Waals surface area contributed by atoms with Crippen LogP contribution in [0.25, 0.3) is 11.4 Å². The smallest absolute Gasteiger partial charge is 0.379 e. The first-order valence-electron chi connectivity index (χ1n) is 14.3. The van der Waals surface area contributed by atoms with Crippen molar-refractivity contribution in [1.82, 2.24) is 14.9 Å². The van der Waals surface area contributed by atoms with Gasteiger partial charge in [-0.3, -0.25) is 4.90 Å². The van der Waals surface area contributed by atoms with Crippen LogP contribution in [0.2, 0.25) is 0 Å². The Morgan fingerprint density at radius 1 is 0.956 bits per heavy atom. The highest BCUT2D eigenvalue weighted by Crippen LogP contribution is 2.34. The average molecular weight is 630 g/mol. The Hall–Kier alpha value is -4.36. The molecule has 0 bridgehead atoms. The fraction of sp³-hybridized carbons (Fsp3) is 0.400. The molecule has 2 aromatic carbocycles. The fourth-order valence-electron chi connectivity index (χ4n) is 4.86. The van der Waals surface area contributed by atoms with E-state index >= 15 is 0 Å². The van der Waals surface area contributed by atoms with Crippen molar-refractivity contribution in [3.05, 3.63) is 65.1 Å². The number of hydrogen-bond donors (Lipinski definition) is 2. The second-order valence-corrected chi connectivity index (χ2v) is 10.3. The summed E-state index contributed by atoms with van der Waals surface area (Å²) in [5.74, 6) is -0.684. The summed E-state index contributed by atoms with van der Waals surface area (Å²) in [6, 6.07) is 10.7. The van der Waals surface area contributed by atoms with Gasteiger partial charge in [-0.25, -0.2) is 14.8 Å². The molecule has 0 saturated carbocycles. The molecule has 1 aromatic heterocycles. The molecule has 0 radical (unpaired) electrons. The Labute approximate surface area is 256 Å². The molecule has 0 spiro atoms. The standard InChI is InChI=1S/C30H31F4N7O4/c31-26-25(18-35)38-27(39-28(26)41-10-15-44-16-11-41)20-1-4-22(5-2-20)36-29(42)37-23-6-3-21(24(17-23)30(32,33)34)19-45-14-9-40-7-12-43-13-8-40/h1-6,17H,7-16,19H2,(H2,36,37,42). The summed E-state index contributed by atoms with van der Waals surface area (Å²) in [5, 5.41) is 14.4. The molecule has 2 saturated heterocycles. The first-order valence-corrected chi connectivity index (χ1v) is 14.3. The van der Waals surface area contributed by atoms with Crippen LogP contribution in [0.1, 0.15) is 16.8 Å². The molecule has 45 heavy (non-hydrogen) atoms. The van der Waals surface area contributed by atoms with Crippen molar-refractivity contribution < 1.29 is 36.6 Å². The molecular formula is C30H31F4N7O4. The van der Waals surface area contributed by atoms with E-state index in [0.29, 0.717) is 57.3 Å². The lowest BCUT2D eigenvalue weighted by Crippen LogP contribution is -2.38. The number of nitrogens with zero attached hydrogens (tertiary/aromatic N) is 5. The molecule has 2 amide bonds. The second-order valence-electron chi connectivity index (χ2n) is 10.3. The molecule has 2 aliphatic rings. The van der Waals surface area contributed by atoms with Gasteiger partial charge >= 0.3 is 12.2 Å². The quantitative estimate of drug-likeness (QED) is 0.260. The zero-order chi connectivity index (χ0) is 31.8. The highest BCUT2D eigenvalue weighted by molar-refractivity contribution is 5.99. The van der Waals surface area contributed by atoms with Crippen LogP contribution in [0.5, 0.6) is 0 Å². The Bertz CT molecular complexity index is 1520. The van der Waals surface area contributed by atoms with Gasteiger partial charge in [0.15, 0.2) is 17.3 Å². The Morgan fingerprint density at radius 3 is 2.27 bits per heavy atom. The third kappa shape index (κ3) is 8.43. The number of nitriles is 1. The molecule has 0 atom stereocenters. The first-order chi connectivity index (χ1) is 21.7. The van der Waals surface area contributed by atoms with E-state index in [-0.39, 0.29) is 36.1 Å². The number of morpholine rings is 2. The number of benzene rings is 2. The van der Waals surface area contributed by atoms with Crippen LogP contribution in [0.3, 0.4) is 0 Å². The zero-order valence-electron chi connectivity index (χ0n) is 24.2. The van der Waals surface area contributed by atoms with Gasteiger partial charge in [0.25, 0.3) is 0 Å². The number of hydrogen-bond acceptors (Lipinski definition) is 9. The van der Waals surface area contributed by atoms with Crippen molar-refractivity contribution in [3.63, 3.8) is 0 Å². The van der Waals surface area contributed by atoms with Gasteiger partial charge in [-0.1, -0.05) is 6.07 Å². The molecule has 11 nitrogen and oxygen atoms in total. The van der Waals surface area contributed by atoms with Crippen molar-refractivity contribution >= 4 is 23.2 Å². The monoisotopic (exact) mass is 629 g/mol. The highest BCUT2D eigenvalue weighted by Gasteiger charge is 2.34. The van der Waals surface area contributed by atoms with E-state index in [9.17, 15) is 27.6 Å². The minimum absolute atomic E-state index is 0.00484. The van der Waals surface area contributed by atoms with Crippen molar-refractivity contribution in [2.75, 3.05) is 81.3 Å². The summed E-state index contributed by atoms with van der Waals surface area (Å²) < 4.78 is 72.4. The topological polar surface area (TPSA) is 125 Å². The fourth-order valence-corrected chi connectivity index (χ4v) is 4.86. The van der Waals surface area contributed by atoms with Crippen LogP contribution in [-0.4, -0.2) is 86.7 Å². The Kier molecular flexibility index (Phi) is 10.4. The van der Waals surface area contributed by atoms with Gasteiger partial charge < -0.3 is 29.7 Å². The molecule has 238 valence electrons. The third-order valence-corrected chi connectivity index (χ3v) is 7.24. The first kappa shape index (κ1) is 32.0. The van der Waals surface area contributed by atoms with Gasteiger partial charge in [0.2, 0.25) is 5.82 Å². The number of carbonyl (C=O) groups is 1. The summed E-state index contributed by atoms with van der Waals surface area (Å²) in [7, 11) is 0. The van der Waals surface area contributed by atoms with E-state index in [2.05, 4.69) is 25.5 Å². The largest absolute Gasteiger partial charge is 0.416 e. The Morgan fingerprint density at radius 2 is 1.60 bits per heavy atom. The van der Waals surface area contributed by atoms with E-state index in [1.54, 1.807) is 23.1 Å². The number of rotatable bonds is 9. The molecule has 5 rings (SSSR count). The summed E-state index contributed by atoms with van der Waals surface area (Å²) in [6.45, 7) is 5.02. The maximum Gasteiger partial charge on any atom is 0.416 e. The number of anilines is 3. The number of urea groups is 1. The second kappa shape index (κ2) is 14.6. The van der Waals surface area contributed by atoms with Crippen LogP contribution in [0.4, 0.5) is 39.5 Å². The third-order valence-electron chi connectivity index (χ3n) is 7.24. The van der Waals surface area contributed by atoms with Gasteiger partial charge in [0, 0.05) is 49.7 Å². The van der Waals surface area contributed by atoms with Gasteiger partial charge in [-0.2, -0.15) is 22.8 Å². The summed E-state index contributed by atoms with van der Waals surface area (Å²) >= 11 is 0. The van der Waals surface area contributed by atoms with Crippen molar-refractivity contribution in [2.24, 2.45) is 0 Å². The maximum atomic E-state index is 14.8. The van der Waals surface area contributed by atoms with Gasteiger partial charge in [0.1, 0.15) is 6.07 Å². The number of amides is 2. The van der Waals surface area contributed by atoms with E-state index in [0.717, 1.165) is 19.2 Å².